The van der Waals surface area contributed by atoms with E-state index in [0.29, 0.717) is 0 Å². The van der Waals surface area contributed by atoms with Crippen molar-refractivity contribution in [2.45, 2.75) is 58.0 Å². The smallest absolute Gasteiger partial charge is 0.356 e. The lowest BCUT2D eigenvalue weighted by atomic mass is 9.83. The molecule has 0 aliphatic heterocycles. The molecule has 0 amide bonds. The largest absolute Gasteiger partial charge is 0.394 e. The molecular formula is C16H26O9. The summed E-state index contributed by atoms with van der Waals surface area (Å²) in [4.78, 5) is 36.2. The van der Waals surface area contributed by atoms with Crippen LogP contribution in [-0.2, 0) is 19.1 Å². The van der Waals surface area contributed by atoms with Crippen LogP contribution in [0.5, 0.6) is 0 Å². The van der Waals surface area contributed by atoms with E-state index in [1.807, 2.05) is 0 Å². The fourth-order valence-electron chi connectivity index (χ4n) is 1.90. The highest BCUT2D eigenvalue weighted by Gasteiger charge is 2.56. The lowest BCUT2D eigenvalue weighted by Gasteiger charge is -2.33. The maximum atomic E-state index is 12.4. The molecule has 0 saturated heterocycles. The maximum Gasteiger partial charge on any atom is 0.356 e. The average molecular weight is 362 g/mol. The highest BCUT2D eigenvalue weighted by atomic mass is 16.6. The van der Waals surface area contributed by atoms with Gasteiger partial charge < -0.3 is 30.3 Å². The van der Waals surface area contributed by atoms with E-state index in [1.165, 1.54) is 19.9 Å². The number of allylic oxidation sites excluding steroid dienone is 1. The first-order chi connectivity index (χ1) is 11.4. The molecule has 4 atom stereocenters. The van der Waals surface area contributed by atoms with Crippen molar-refractivity contribution < 1.29 is 44.7 Å². The zero-order valence-electron chi connectivity index (χ0n) is 14.7. The first-order valence-corrected chi connectivity index (χ1v) is 7.73. The van der Waals surface area contributed by atoms with Gasteiger partial charge >= 0.3 is 11.9 Å². The van der Waals surface area contributed by atoms with E-state index >= 15 is 0 Å². The zero-order valence-corrected chi connectivity index (χ0v) is 14.7. The zero-order chi connectivity index (χ0) is 19.9. The normalized spacial score (nSPS) is 18.2. The Morgan fingerprint density at radius 2 is 1.68 bits per heavy atom. The number of hydrogen-bond acceptors (Lipinski definition) is 9. The van der Waals surface area contributed by atoms with Crippen LogP contribution in [0.25, 0.3) is 0 Å². The predicted octanol–water partition coefficient (Wildman–Crippen LogP) is -1.56. The Bertz CT molecular complexity index is 526. The third-order valence-corrected chi connectivity index (χ3v) is 3.56. The highest BCUT2D eigenvalue weighted by molar-refractivity contribution is 6.16. The number of aliphatic hydroxyl groups excluding tert-OH is 4. The van der Waals surface area contributed by atoms with Crippen LogP contribution in [0.1, 0.15) is 34.1 Å². The van der Waals surface area contributed by atoms with E-state index in [-0.39, 0.29) is 17.9 Å². The molecule has 0 heterocycles. The second kappa shape index (κ2) is 9.73. The Kier molecular flexibility index (Phi) is 9.09. The molecule has 0 radical (unpaired) electrons. The molecule has 0 spiro atoms. The van der Waals surface area contributed by atoms with Crippen molar-refractivity contribution in [2.75, 3.05) is 6.61 Å². The number of carbonyl (C=O) groups is 3. The quantitative estimate of drug-likeness (QED) is 0.186. The van der Waals surface area contributed by atoms with Gasteiger partial charge in [0.25, 0.3) is 5.60 Å². The molecule has 0 unspecified atom stereocenters. The molecular weight excluding hydrogens is 336 g/mol. The van der Waals surface area contributed by atoms with E-state index in [1.54, 1.807) is 13.8 Å². The number of esters is 2. The molecule has 0 aromatic carbocycles. The summed E-state index contributed by atoms with van der Waals surface area (Å²) in [6.45, 7) is 4.99. The first kappa shape index (κ1) is 23.4. The monoisotopic (exact) mass is 362 g/mol. The molecule has 0 aromatic rings. The van der Waals surface area contributed by atoms with Gasteiger partial charge in [0.1, 0.15) is 18.3 Å². The highest BCUT2D eigenvalue weighted by Crippen LogP contribution is 2.23. The number of hydrogen-bond donors (Lipinski definition) is 5. The molecule has 0 aliphatic carbocycles. The molecule has 25 heavy (non-hydrogen) atoms. The topological polar surface area (TPSA) is 162 Å². The Balaban J connectivity index is 5.80. The Morgan fingerprint density at radius 1 is 1.16 bits per heavy atom. The first-order valence-electron chi connectivity index (χ1n) is 7.73. The van der Waals surface area contributed by atoms with Crippen LogP contribution in [0, 0.1) is 5.92 Å². The summed E-state index contributed by atoms with van der Waals surface area (Å²) in [6.07, 6.45) is -5.69. The molecule has 0 aliphatic rings. The van der Waals surface area contributed by atoms with Crippen LogP contribution in [0.3, 0.4) is 0 Å². The standard InChI is InChI=1S/C16H26O9/c1-5-9(4)13(21)16(24,14(22)12(20)10(18)7-17)15(23)25-11(19)6-8(2)3/h5,8,10,12,14,17-18,20,22,24H,6-7H2,1-4H3/b9-5-/t10-,12-,14+,16-/m1/s1. The van der Waals surface area contributed by atoms with Gasteiger partial charge in [-0.1, -0.05) is 19.9 Å². The van der Waals surface area contributed by atoms with Gasteiger partial charge in [-0.15, -0.1) is 0 Å². The van der Waals surface area contributed by atoms with Gasteiger partial charge in [-0.3, -0.25) is 9.59 Å². The van der Waals surface area contributed by atoms with Gasteiger partial charge in [-0.05, 0) is 25.3 Å². The second-order valence-electron chi connectivity index (χ2n) is 6.11. The minimum Gasteiger partial charge on any atom is -0.394 e. The lowest BCUT2D eigenvalue weighted by Crippen LogP contribution is -2.63. The Hall–Kier alpha value is -1.65. The third kappa shape index (κ3) is 5.68. The number of ether oxygens (including phenoxy) is 1. The van der Waals surface area contributed by atoms with Gasteiger partial charge in [0.2, 0.25) is 5.78 Å². The van der Waals surface area contributed by atoms with Crippen molar-refractivity contribution in [3.05, 3.63) is 11.6 Å². The van der Waals surface area contributed by atoms with E-state index < -0.39 is 48.2 Å². The van der Waals surface area contributed by atoms with E-state index in [9.17, 15) is 34.8 Å². The number of aliphatic hydroxyl groups is 5. The second-order valence-corrected chi connectivity index (χ2v) is 6.11. The SMILES string of the molecule is C/C=C(/C)C(=O)[C@](O)(C(=O)OC(=O)CC(C)C)[C@@H](O)[C@H](O)[C@H](O)CO. The van der Waals surface area contributed by atoms with Crippen LogP contribution in [0.15, 0.2) is 11.6 Å². The Morgan fingerprint density at radius 3 is 2.08 bits per heavy atom. The van der Waals surface area contributed by atoms with E-state index in [4.69, 9.17) is 5.11 Å². The molecule has 0 fully saturated rings. The van der Waals surface area contributed by atoms with Crippen LogP contribution >= 0.6 is 0 Å². The molecule has 5 N–H and O–H groups in total. The van der Waals surface area contributed by atoms with Crippen molar-refractivity contribution in [2.24, 2.45) is 5.92 Å². The number of Topliss-reactive ketones (excluding diaryl/α,β-unsaturated/α-hetero) is 1. The van der Waals surface area contributed by atoms with Gasteiger partial charge in [0, 0.05) is 6.42 Å². The van der Waals surface area contributed by atoms with Crippen molar-refractivity contribution in [1.29, 1.82) is 0 Å². The number of rotatable bonds is 9. The van der Waals surface area contributed by atoms with Crippen LogP contribution in [0.4, 0.5) is 0 Å². The minimum absolute atomic E-state index is 0.152. The summed E-state index contributed by atoms with van der Waals surface area (Å²) in [7, 11) is 0. The average Bonchev–Trinajstić information content (AvgIpc) is 2.56. The minimum atomic E-state index is -3.33. The fraction of sp³-hybridized carbons (Fsp3) is 0.688. The van der Waals surface area contributed by atoms with Crippen molar-refractivity contribution >= 4 is 17.7 Å². The predicted molar refractivity (Wildman–Crippen MR) is 85.0 cm³/mol. The van der Waals surface area contributed by atoms with Crippen molar-refractivity contribution in [3.63, 3.8) is 0 Å². The van der Waals surface area contributed by atoms with Gasteiger partial charge in [0.15, 0.2) is 0 Å². The maximum absolute atomic E-state index is 12.4. The summed E-state index contributed by atoms with van der Waals surface area (Å²) in [6, 6.07) is 0. The van der Waals surface area contributed by atoms with Crippen LogP contribution in [0.2, 0.25) is 0 Å². The molecule has 9 heteroatoms. The summed E-state index contributed by atoms with van der Waals surface area (Å²) in [5.74, 6) is -4.29. The summed E-state index contributed by atoms with van der Waals surface area (Å²) < 4.78 is 4.44. The molecule has 0 saturated carbocycles. The molecule has 144 valence electrons. The lowest BCUT2D eigenvalue weighted by molar-refractivity contribution is -0.197. The molecule has 0 rings (SSSR count). The fourth-order valence-corrected chi connectivity index (χ4v) is 1.90. The molecule has 0 bridgehead atoms. The third-order valence-electron chi connectivity index (χ3n) is 3.56. The molecule has 9 nitrogen and oxygen atoms in total. The van der Waals surface area contributed by atoms with Crippen molar-refractivity contribution in [1.82, 2.24) is 0 Å². The van der Waals surface area contributed by atoms with Gasteiger partial charge in [-0.2, -0.15) is 0 Å². The molecule has 0 aromatic heterocycles. The number of ketones is 1. The Labute approximate surface area is 145 Å². The van der Waals surface area contributed by atoms with E-state index in [0.717, 1.165) is 0 Å². The summed E-state index contributed by atoms with van der Waals surface area (Å²) in [5.41, 5.74) is -3.49. The van der Waals surface area contributed by atoms with Crippen LogP contribution < -0.4 is 0 Å². The van der Waals surface area contributed by atoms with Crippen molar-refractivity contribution in [3.8, 4) is 0 Å². The number of carbonyl (C=O) groups excluding carboxylic acids is 3. The van der Waals surface area contributed by atoms with E-state index in [2.05, 4.69) is 4.74 Å². The van der Waals surface area contributed by atoms with Gasteiger partial charge in [-0.25, -0.2) is 4.79 Å². The van der Waals surface area contributed by atoms with Gasteiger partial charge in [0.05, 0.1) is 6.61 Å². The van der Waals surface area contributed by atoms with Crippen LogP contribution in [-0.4, -0.2) is 73.8 Å². The summed E-state index contributed by atoms with van der Waals surface area (Å²) in [5, 5.41) is 48.6. The summed E-state index contributed by atoms with van der Waals surface area (Å²) >= 11 is 0.